The van der Waals surface area contributed by atoms with Crippen LogP contribution in [0.15, 0.2) is 59.5 Å². The third-order valence-electron chi connectivity index (χ3n) is 6.00. The van der Waals surface area contributed by atoms with Gasteiger partial charge in [-0.25, -0.2) is 18.2 Å². The molecular formula is C21H23ClO5S. The Balaban J connectivity index is 1.75. The van der Waals surface area contributed by atoms with Crippen LogP contribution in [-0.4, -0.2) is 31.0 Å². The van der Waals surface area contributed by atoms with Crippen LogP contribution in [0.25, 0.3) is 0 Å². The molecule has 2 aromatic carbocycles. The number of fused-ring (bicyclic) bond motifs is 2. The van der Waals surface area contributed by atoms with Gasteiger partial charge in [-0.2, -0.15) is 0 Å². The fraction of sp³-hybridized carbons (Fsp3) is 0.429. The van der Waals surface area contributed by atoms with Crippen LogP contribution in [0.3, 0.4) is 0 Å². The molecule has 0 amide bonds. The first kappa shape index (κ1) is 19.9. The van der Waals surface area contributed by atoms with Crippen LogP contribution >= 0.6 is 11.6 Å². The van der Waals surface area contributed by atoms with Gasteiger partial charge in [-0.05, 0) is 61.9 Å². The van der Waals surface area contributed by atoms with Crippen LogP contribution < -0.4 is 0 Å². The van der Waals surface area contributed by atoms with Gasteiger partial charge in [0, 0.05) is 5.02 Å². The monoisotopic (exact) mass is 422 g/mol. The Morgan fingerprint density at radius 2 is 1.82 bits per heavy atom. The van der Waals surface area contributed by atoms with Crippen molar-refractivity contribution in [3.05, 3.63) is 65.2 Å². The van der Waals surface area contributed by atoms with Crippen molar-refractivity contribution in [3.63, 3.8) is 0 Å². The Bertz CT molecular complexity index is 943. The van der Waals surface area contributed by atoms with Crippen LogP contribution in [0, 0.1) is 5.92 Å². The lowest BCUT2D eigenvalue weighted by Gasteiger charge is -2.51. The smallest absolute Gasteiger partial charge is 0.181 e. The van der Waals surface area contributed by atoms with E-state index < -0.39 is 27.1 Å². The number of benzene rings is 2. The number of sulfone groups is 1. The topological polar surface area (TPSA) is 72.8 Å². The fourth-order valence-electron chi connectivity index (χ4n) is 4.27. The van der Waals surface area contributed by atoms with E-state index >= 15 is 0 Å². The maximum Gasteiger partial charge on any atom is 0.181 e. The Kier molecular flexibility index (Phi) is 5.04. The summed E-state index contributed by atoms with van der Waals surface area (Å²) in [6, 6.07) is 15.5. The van der Waals surface area contributed by atoms with Crippen molar-refractivity contribution in [1.82, 2.24) is 0 Å². The molecule has 0 spiro atoms. The molecule has 4 atom stereocenters. The SMILES string of the molecule is CC1(O)CCC2CC1OO[C@]2(CS(=O)(=O)c1ccc(Cl)cc1)c1ccccc1. The van der Waals surface area contributed by atoms with Gasteiger partial charge in [-0.1, -0.05) is 41.9 Å². The van der Waals surface area contributed by atoms with Crippen molar-refractivity contribution < 1.29 is 23.3 Å². The summed E-state index contributed by atoms with van der Waals surface area (Å²) in [6.45, 7) is 1.73. The lowest BCUT2D eigenvalue weighted by molar-refractivity contribution is -0.450. The summed E-state index contributed by atoms with van der Waals surface area (Å²) >= 11 is 5.91. The van der Waals surface area contributed by atoms with E-state index in [1.165, 1.54) is 12.1 Å². The van der Waals surface area contributed by atoms with Gasteiger partial charge in [-0.15, -0.1) is 0 Å². The normalized spacial score (nSPS) is 32.8. The summed E-state index contributed by atoms with van der Waals surface area (Å²) in [5, 5.41) is 11.0. The molecule has 2 bridgehead atoms. The van der Waals surface area contributed by atoms with E-state index in [9.17, 15) is 13.5 Å². The van der Waals surface area contributed by atoms with E-state index in [2.05, 4.69) is 0 Å². The van der Waals surface area contributed by atoms with Gasteiger partial charge in [0.1, 0.15) is 11.7 Å². The van der Waals surface area contributed by atoms with Gasteiger partial charge < -0.3 is 5.11 Å². The predicted molar refractivity (Wildman–Crippen MR) is 106 cm³/mol. The molecule has 3 unspecified atom stereocenters. The highest BCUT2D eigenvalue weighted by Gasteiger charge is 2.56. The molecule has 7 heteroatoms. The number of aliphatic hydroxyl groups is 1. The number of hydrogen-bond donors (Lipinski definition) is 1. The Morgan fingerprint density at radius 3 is 2.50 bits per heavy atom. The second-order valence-electron chi connectivity index (χ2n) is 7.97. The molecule has 0 radical (unpaired) electrons. The van der Waals surface area contributed by atoms with Crippen molar-refractivity contribution in [2.75, 3.05) is 5.75 Å². The molecule has 1 aliphatic carbocycles. The zero-order valence-electron chi connectivity index (χ0n) is 15.5. The first-order valence-electron chi connectivity index (χ1n) is 9.34. The van der Waals surface area contributed by atoms with Crippen LogP contribution in [-0.2, 0) is 25.2 Å². The lowest BCUT2D eigenvalue weighted by atomic mass is 9.68. The summed E-state index contributed by atoms with van der Waals surface area (Å²) in [6.07, 6.45) is 1.25. The van der Waals surface area contributed by atoms with Crippen molar-refractivity contribution >= 4 is 21.4 Å². The highest BCUT2D eigenvalue weighted by Crippen LogP contribution is 2.50. The minimum Gasteiger partial charge on any atom is -0.387 e. The molecule has 4 rings (SSSR count). The minimum absolute atomic E-state index is 0.0871. The second kappa shape index (κ2) is 7.11. The number of rotatable bonds is 4. The molecule has 1 aliphatic heterocycles. The van der Waals surface area contributed by atoms with E-state index in [-0.39, 0.29) is 16.6 Å². The van der Waals surface area contributed by atoms with Crippen molar-refractivity contribution in [2.24, 2.45) is 5.92 Å². The number of halogens is 1. The van der Waals surface area contributed by atoms with Gasteiger partial charge in [0.25, 0.3) is 0 Å². The Morgan fingerprint density at radius 1 is 1.14 bits per heavy atom. The Hall–Kier alpha value is -1.44. The quantitative estimate of drug-likeness (QED) is 0.756. The minimum atomic E-state index is -3.67. The lowest BCUT2D eigenvalue weighted by Crippen LogP contribution is -2.58. The van der Waals surface area contributed by atoms with E-state index in [0.717, 1.165) is 5.56 Å². The van der Waals surface area contributed by atoms with E-state index in [0.29, 0.717) is 24.3 Å². The molecule has 1 N–H and O–H groups in total. The van der Waals surface area contributed by atoms with Crippen molar-refractivity contribution in [3.8, 4) is 0 Å². The third kappa shape index (κ3) is 3.48. The zero-order chi connectivity index (χ0) is 20.0. The maximum atomic E-state index is 13.3. The van der Waals surface area contributed by atoms with Crippen LogP contribution in [0.1, 0.15) is 31.7 Å². The van der Waals surface area contributed by atoms with Crippen LogP contribution in [0.2, 0.25) is 5.02 Å². The molecule has 1 heterocycles. The third-order valence-corrected chi connectivity index (χ3v) is 8.05. The molecule has 150 valence electrons. The van der Waals surface area contributed by atoms with Crippen LogP contribution in [0.5, 0.6) is 0 Å². The van der Waals surface area contributed by atoms with Gasteiger partial charge in [0.2, 0.25) is 0 Å². The van der Waals surface area contributed by atoms with Gasteiger partial charge >= 0.3 is 0 Å². The van der Waals surface area contributed by atoms with Gasteiger partial charge in [0.05, 0.1) is 16.2 Å². The summed E-state index contributed by atoms with van der Waals surface area (Å²) in [4.78, 5) is 11.7. The largest absolute Gasteiger partial charge is 0.387 e. The molecule has 1 saturated carbocycles. The van der Waals surface area contributed by atoms with Gasteiger partial charge in [0.15, 0.2) is 9.84 Å². The molecule has 28 heavy (non-hydrogen) atoms. The van der Waals surface area contributed by atoms with E-state index in [4.69, 9.17) is 21.4 Å². The highest BCUT2D eigenvalue weighted by atomic mass is 35.5. The highest BCUT2D eigenvalue weighted by molar-refractivity contribution is 7.91. The van der Waals surface area contributed by atoms with E-state index in [1.54, 1.807) is 19.1 Å². The molecular weight excluding hydrogens is 400 g/mol. The molecule has 1 saturated heterocycles. The second-order valence-corrected chi connectivity index (χ2v) is 10.4. The summed E-state index contributed by atoms with van der Waals surface area (Å²) < 4.78 is 26.5. The zero-order valence-corrected chi connectivity index (χ0v) is 17.1. The van der Waals surface area contributed by atoms with Gasteiger partial charge in [-0.3, -0.25) is 0 Å². The molecule has 2 fully saturated rings. The van der Waals surface area contributed by atoms with Crippen molar-refractivity contribution in [1.29, 1.82) is 0 Å². The van der Waals surface area contributed by atoms with E-state index in [1.807, 2.05) is 30.3 Å². The predicted octanol–water partition coefficient (Wildman–Crippen LogP) is 3.89. The summed E-state index contributed by atoms with van der Waals surface area (Å²) in [5.41, 5.74) is -1.35. The first-order valence-corrected chi connectivity index (χ1v) is 11.4. The maximum absolute atomic E-state index is 13.3. The molecule has 0 aromatic heterocycles. The molecule has 2 aliphatic rings. The average Bonchev–Trinajstić information content (AvgIpc) is 2.67. The standard InChI is InChI=1S/C21H23ClO5S/c1-20(23)12-11-16-13-19(20)26-27-21(16,15-5-3-2-4-6-15)14-28(24,25)18-9-7-17(22)8-10-18/h2-10,16,19,23H,11-14H2,1H3/t16?,19?,20?,21-/m1/s1. The fourth-order valence-corrected chi connectivity index (χ4v) is 6.13. The van der Waals surface area contributed by atoms with Crippen molar-refractivity contribution in [2.45, 2.75) is 48.4 Å². The number of hydrogen-bond acceptors (Lipinski definition) is 5. The molecule has 2 aromatic rings. The first-order chi connectivity index (χ1) is 13.2. The van der Waals surface area contributed by atoms with Crippen LogP contribution in [0.4, 0.5) is 0 Å². The molecule has 5 nitrogen and oxygen atoms in total. The summed E-state index contributed by atoms with van der Waals surface area (Å²) in [5.74, 6) is -0.332. The average molecular weight is 423 g/mol. The summed E-state index contributed by atoms with van der Waals surface area (Å²) in [7, 11) is -3.67. The Labute approximate surface area is 170 Å².